The van der Waals surface area contributed by atoms with E-state index in [-0.39, 0.29) is 12.3 Å². The fourth-order valence-corrected chi connectivity index (χ4v) is 2.34. The van der Waals surface area contributed by atoms with Crippen LogP contribution in [0.3, 0.4) is 0 Å². The Labute approximate surface area is 114 Å². The van der Waals surface area contributed by atoms with E-state index in [1.807, 2.05) is 0 Å². The first kappa shape index (κ1) is 14.8. The molecule has 18 heavy (non-hydrogen) atoms. The average molecular weight is 290 g/mol. The number of carbonyl (C=O) groups is 1. The van der Waals surface area contributed by atoms with Gasteiger partial charge in [0, 0.05) is 24.0 Å². The van der Waals surface area contributed by atoms with E-state index in [4.69, 9.17) is 16.3 Å². The number of alkyl halides is 1. The predicted molar refractivity (Wildman–Crippen MR) is 69.8 cm³/mol. The molecular weight excluding hydrogens is 278 g/mol. The summed E-state index contributed by atoms with van der Waals surface area (Å²) in [6, 6.07) is 6.02. The molecule has 0 aliphatic rings. The van der Waals surface area contributed by atoms with Crippen molar-refractivity contribution in [2.75, 3.05) is 6.61 Å². The van der Waals surface area contributed by atoms with E-state index in [2.05, 4.69) is 0 Å². The number of nitro benzene ring substituents is 1. The van der Waals surface area contributed by atoms with E-state index in [0.717, 1.165) is 4.90 Å². The quantitative estimate of drug-likeness (QED) is 0.274. The van der Waals surface area contributed by atoms with Crippen molar-refractivity contribution in [3.05, 3.63) is 34.4 Å². The van der Waals surface area contributed by atoms with Gasteiger partial charge in [0.1, 0.15) is 10.8 Å². The maximum Gasteiger partial charge on any atom is 0.302 e. The summed E-state index contributed by atoms with van der Waals surface area (Å²) in [5.74, 6) is -0.397. The number of nitro groups is 1. The van der Waals surface area contributed by atoms with Crippen LogP contribution in [0.1, 0.15) is 13.8 Å². The Morgan fingerprint density at radius 1 is 1.50 bits per heavy atom. The van der Waals surface area contributed by atoms with E-state index >= 15 is 0 Å². The van der Waals surface area contributed by atoms with Gasteiger partial charge in [-0.2, -0.15) is 0 Å². The van der Waals surface area contributed by atoms with Gasteiger partial charge in [-0.05, 0) is 19.1 Å². The third-order valence-electron chi connectivity index (χ3n) is 1.91. The second-order valence-corrected chi connectivity index (χ2v) is 6.37. The third kappa shape index (κ3) is 4.93. The Morgan fingerprint density at radius 3 is 2.50 bits per heavy atom. The van der Waals surface area contributed by atoms with E-state index in [1.165, 1.54) is 30.8 Å². The minimum atomic E-state index is -0.804. The van der Waals surface area contributed by atoms with Crippen molar-refractivity contribution in [3.8, 4) is 0 Å². The monoisotopic (exact) mass is 289 g/mol. The summed E-state index contributed by atoms with van der Waals surface area (Å²) in [7, 11) is 0. The van der Waals surface area contributed by atoms with Gasteiger partial charge in [0.25, 0.3) is 5.69 Å². The van der Waals surface area contributed by atoms with Gasteiger partial charge in [0.05, 0.1) is 4.92 Å². The lowest BCUT2D eigenvalue weighted by atomic mass is 10.3. The van der Waals surface area contributed by atoms with Crippen LogP contribution in [0.5, 0.6) is 0 Å². The largest absolute Gasteiger partial charge is 0.463 e. The molecule has 0 N–H and O–H groups in total. The van der Waals surface area contributed by atoms with Crippen molar-refractivity contribution < 1.29 is 14.5 Å². The first-order chi connectivity index (χ1) is 8.30. The molecule has 5 nitrogen and oxygen atoms in total. The molecule has 0 aliphatic carbocycles. The van der Waals surface area contributed by atoms with E-state index in [0.29, 0.717) is 0 Å². The normalized spacial score (nSPS) is 13.7. The highest BCUT2D eigenvalue weighted by molar-refractivity contribution is 8.02. The molecule has 0 radical (unpaired) electrons. The standard InChI is InChI=1S/C11H12ClNO4S/c1-8(14)17-7-11(2,12)18-10-5-3-9(4-6-10)13(15)16/h3-6H,7H2,1-2H3. The fourth-order valence-electron chi connectivity index (χ4n) is 1.14. The highest BCUT2D eigenvalue weighted by atomic mass is 35.5. The molecule has 1 unspecified atom stereocenters. The molecule has 1 atom stereocenters. The maximum atomic E-state index is 10.7. The summed E-state index contributed by atoms with van der Waals surface area (Å²) >= 11 is 7.44. The van der Waals surface area contributed by atoms with Gasteiger partial charge in [-0.25, -0.2) is 0 Å². The summed E-state index contributed by atoms with van der Waals surface area (Å²) in [6.07, 6.45) is 0. The third-order valence-corrected chi connectivity index (χ3v) is 3.30. The smallest absolute Gasteiger partial charge is 0.302 e. The lowest BCUT2D eigenvalue weighted by Gasteiger charge is -2.20. The lowest BCUT2D eigenvalue weighted by Crippen LogP contribution is -2.21. The molecule has 0 spiro atoms. The number of rotatable bonds is 5. The predicted octanol–water partition coefficient (Wildman–Crippen LogP) is 3.21. The average Bonchev–Trinajstić information content (AvgIpc) is 2.27. The molecule has 7 heteroatoms. The SMILES string of the molecule is CC(=O)OCC(C)(Cl)Sc1ccc([N+](=O)[O-])cc1. The van der Waals surface area contributed by atoms with Crippen molar-refractivity contribution in [2.45, 2.75) is 22.9 Å². The highest BCUT2D eigenvalue weighted by Gasteiger charge is 2.24. The molecule has 0 aromatic heterocycles. The number of thioether (sulfide) groups is 1. The van der Waals surface area contributed by atoms with Gasteiger partial charge in [0.15, 0.2) is 0 Å². The van der Waals surface area contributed by atoms with Crippen LogP contribution < -0.4 is 0 Å². The number of hydrogen-bond donors (Lipinski definition) is 0. The first-order valence-electron chi connectivity index (χ1n) is 5.06. The number of esters is 1. The molecule has 0 bridgehead atoms. The van der Waals surface area contributed by atoms with E-state index in [1.54, 1.807) is 19.1 Å². The lowest BCUT2D eigenvalue weighted by molar-refractivity contribution is -0.384. The summed E-state index contributed by atoms with van der Waals surface area (Å²) < 4.78 is 4.04. The Bertz CT molecular complexity index is 447. The minimum absolute atomic E-state index is 0.0237. The number of non-ortho nitro benzene ring substituents is 1. The molecule has 0 fully saturated rings. The van der Waals surface area contributed by atoms with Crippen molar-refractivity contribution in [1.29, 1.82) is 0 Å². The van der Waals surface area contributed by atoms with Crippen LogP contribution >= 0.6 is 23.4 Å². The van der Waals surface area contributed by atoms with Crippen LogP contribution in [-0.4, -0.2) is 21.7 Å². The number of carbonyl (C=O) groups excluding carboxylic acids is 1. The van der Waals surface area contributed by atoms with Crippen molar-refractivity contribution in [2.24, 2.45) is 0 Å². The Balaban J connectivity index is 2.65. The van der Waals surface area contributed by atoms with Crippen LogP contribution in [-0.2, 0) is 9.53 Å². The van der Waals surface area contributed by atoms with Gasteiger partial charge in [-0.3, -0.25) is 14.9 Å². The molecule has 0 amide bonds. The molecule has 1 aromatic rings. The van der Waals surface area contributed by atoms with Crippen molar-refractivity contribution in [1.82, 2.24) is 0 Å². The van der Waals surface area contributed by atoms with Crippen molar-refractivity contribution in [3.63, 3.8) is 0 Å². The molecule has 0 aliphatic heterocycles. The van der Waals surface area contributed by atoms with Gasteiger partial charge in [-0.15, -0.1) is 11.6 Å². The van der Waals surface area contributed by atoms with Crippen molar-refractivity contribution >= 4 is 35.0 Å². The summed E-state index contributed by atoms with van der Waals surface area (Å²) in [5, 5.41) is 10.5. The fraction of sp³-hybridized carbons (Fsp3) is 0.364. The van der Waals surface area contributed by atoms with Gasteiger partial charge < -0.3 is 4.74 Å². The van der Waals surface area contributed by atoms with E-state index in [9.17, 15) is 14.9 Å². The highest BCUT2D eigenvalue weighted by Crippen LogP contribution is 2.37. The van der Waals surface area contributed by atoms with Crippen LogP contribution in [0, 0.1) is 10.1 Å². The summed E-state index contributed by atoms with van der Waals surface area (Å²) in [5.41, 5.74) is 0.0237. The van der Waals surface area contributed by atoms with Gasteiger partial charge >= 0.3 is 5.97 Å². The summed E-state index contributed by atoms with van der Waals surface area (Å²) in [4.78, 5) is 21.5. The topological polar surface area (TPSA) is 69.4 Å². The summed E-state index contributed by atoms with van der Waals surface area (Å²) in [6.45, 7) is 3.08. The molecule has 0 heterocycles. The zero-order valence-electron chi connectivity index (χ0n) is 9.88. The number of nitrogens with zero attached hydrogens (tertiary/aromatic N) is 1. The maximum absolute atomic E-state index is 10.7. The zero-order chi connectivity index (χ0) is 13.8. The van der Waals surface area contributed by atoms with Gasteiger partial charge in [-0.1, -0.05) is 11.8 Å². The van der Waals surface area contributed by atoms with E-state index < -0.39 is 15.1 Å². The number of ether oxygens (including phenoxy) is 1. The molecule has 0 saturated heterocycles. The number of hydrogen-bond acceptors (Lipinski definition) is 5. The van der Waals surface area contributed by atoms with Crippen LogP contribution in [0.2, 0.25) is 0 Å². The first-order valence-corrected chi connectivity index (χ1v) is 6.25. The Kier molecular flexibility index (Phi) is 4.98. The molecule has 98 valence electrons. The van der Waals surface area contributed by atoms with Crippen LogP contribution in [0.4, 0.5) is 5.69 Å². The molecule has 0 saturated carbocycles. The minimum Gasteiger partial charge on any atom is -0.463 e. The second-order valence-electron chi connectivity index (χ2n) is 3.74. The van der Waals surface area contributed by atoms with Crippen LogP contribution in [0.15, 0.2) is 29.2 Å². The zero-order valence-corrected chi connectivity index (χ0v) is 11.5. The molecule has 1 rings (SSSR count). The van der Waals surface area contributed by atoms with Gasteiger partial charge in [0.2, 0.25) is 0 Å². The van der Waals surface area contributed by atoms with Crippen LogP contribution in [0.25, 0.3) is 0 Å². The number of benzene rings is 1. The Morgan fingerprint density at radius 2 is 2.06 bits per heavy atom. The molecule has 1 aromatic carbocycles. The second kappa shape index (κ2) is 6.06. The molecular formula is C11H12ClNO4S. The Hall–Kier alpha value is -1.27. The number of halogens is 1.